The van der Waals surface area contributed by atoms with E-state index >= 15 is 0 Å². The topological polar surface area (TPSA) is 49.4 Å². The summed E-state index contributed by atoms with van der Waals surface area (Å²) in [7, 11) is 0. The number of hydrogen-bond donors (Lipinski definition) is 1. The summed E-state index contributed by atoms with van der Waals surface area (Å²) in [5.41, 5.74) is 0.937. The molecule has 0 unspecified atom stereocenters. The predicted octanol–water partition coefficient (Wildman–Crippen LogP) is 3.97. The molecule has 0 bridgehead atoms. The van der Waals surface area contributed by atoms with Crippen molar-refractivity contribution in [3.8, 4) is 0 Å². The van der Waals surface area contributed by atoms with Crippen molar-refractivity contribution in [1.29, 1.82) is 0 Å². The molecule has 0 aliphatic heterocycles. The van der Waals surface area contributed by atoms with E-state index in [0.717, 1.165) is 0 Å². The van der Waals surface area contributed by atoms with Crippen LogP contribution in [0.2, 0.25) is 5.02 Å². The fraction of sp³-hybridized carbons (Fsp3) is 0.222. The Balaban J connectivity index is 2.07. The second-order valence-corrected chi connectivity index (χ2v) is 6.03. The van der Waals surface area contributed by atoms with E-state index in [-0.39, 0.29) is 30.2 Å². The lowest BCUT2D eigenvalue weighted by atomic mass is 10.1. The first kappa shape index (κ1) is 17.9. The summed E-state index contributed by atoms with van der Waals surface area (Å²) in [5.74, 6) is -0.983. The molecule has 0 saturated carbocycles. The molecule has 0 spiro atoms. The summed E-state index contributed by atoms with van der Waals surface area (Å²) < 4.78 is 12.9. The standard InChI is InChI=1S/C18H18ClFN2O2/c1-12(2)22(18(24)13-3-5-14(19)6-4-13)11-17(23)21-16-9-7-15(20)8-10-16/h3-10,12H,11H2,1-2H3,(H,21,23). The van der Waals surface area contributed by atoms with E-state index in [1.54, 1.807) is 24.3 Å². The molecule has 0 atom stereocenters. The highest BCUT2D eigenvalue weighted by Gasteiger charge is 2.21. The minimum Gasteiger partial charge on any atom is -0.327 e. The quantitative estimate of drug-likeness (QED) is 0.888. The Morgan fingerprint density at radius 2 is 1.67 bits per heavy atom. The van der Waals surface area contributed by atoms with Crippen molar-refractivity contribution in [3.63, 3.8) is 0 Å². The lowest BCUT2D eigenvalue weighted by molar-refractivity contribution is -0.117. The minimum absolute atomic E-state index is 0.101. The van der Waals surface area contributed by atoms with E-state index in [0.29, 0.717) is 16.3 Å². The Hall–Kier alpha value is -2.40. The average Bonchev–Trinajstić information content (AvgIpc) is 2.54. The van der Waals surface area contributed by atoms with Gasteiger partial charge in [0, 0.05) is 22.3 Å². The van der Waals surface area contributed by atoms with Crippen LogP contribution >= 0.6 is 11.6 Å². The van der Waals surface area contributed by atoms with Crippen LogP contribution in [-0.2, 0) is 4.79 Å². The first-order valence-electron chi connectivity index (χ1n) is 7.49. The van der Waals surface area contributed by atoms with E-state index in [1.807, 2.05) is 13.8 Å². The Morgan fingerprint density at radius 3 is 2.21 bits per heavy atom. The van der Waals surface area contributed by atoms with Gasteiger partial charge in [0.05, 0.1) is 0 Å². The van der Waals surface area contributed by atoms with Gasteiger partial charge in [0.1, 0.15) is 12.4 Å². The van der Waals surface area contributed by atoms with Crippen LogP contribution in [-0.4, -0.2) is 29.3 Å². The molecular formula is C18H18ClFN2O2. The lowest BCUT2D eigenvalue weighted by Crippen LogP contribution is -2.42. The Morgan fingerprint density at radius 1 is 1.08 bits per heavy atom. The molecule has 0 aliphatic carbocycles. The first-order chi connectivity index (χ1) is 11.4. The molecular weight excluding hydrogens is 331 g/mol. The summed E-state index contributed by atoms with van der Waals surface area (Å²) in [4.78, 5) is 26.2. The van der Waals surface area contributed by atoms with Crippen LogP contribution in [0.15, 0.2) is 48.5 Å². The highest BCUT2D eigenvalue weighted by molar-refractivity contribution is 6.30. The molecule has 0 radical (unpaired) electrons. The van der Waals surface area contributed by atoms with Gasteiger partial charge in [-0.2, -0.15) is 0 Å². The molecule has 2 aromatic rings. The molecule has 0 fully saturated rings. The third-order valence-electron chi connectivity index (χ3n) is 3.42. The summed E-state index contributed by atoms with van der Waals surface area (Å²) in [6.07, 6.45) is 0. The van der Waals surface area contributed by atoms with Crippen LogP contribution in [0.3, 0.4) is 0 Å². The number of halogens is 2. The molecule has 2 aromatic carbocycles. The summed E-state index contributed by atoms with van der Waals surface area (Å²) >= 11 is 5.83. The van der Waals surface area contributed by atoms with Gasteiger partial charge < -0.3 is 10.2 Å². The highest BCUT2D eigenvalue weighted by Crippen LogP contribution is 2.14. The van der Waals surface area contributed by atoms with Gasteiger partial charge in [0.2, 0.25) is 5.91 Å². The molecule has 24 heavy (non-hydrogen) atoms. The monoisotopic (exact) mass is 348 g/mol. The van der Waals surface area contributed by atoms with Crippen molar-refractivity contribution < 1.29 is 14.0 Å². The number of nitrogens with zero attached hydrogens (tertiary/aromatic N) is 1. The number of amides is 2. The van der Waals surface area contributed by atoms with Crippen LogP contribution in [0.4, 0.5) is 10.1 Å². The Labute approximate surface area is 145 Å². The molecule has 2 amide bonds. The van der Waals surface area contributed by atoms with Crippen LogP contribution < -0.4 is 5.32 Å². The number of carbonyl (C=O) groups is 2. The third-order valence-corrected chi connectivity index (χ3v) is 3.67. The maximum Gasteiger partial charge on any atom is 0.254 e. The number of anilines is 1. The molecule has 0 saturated heterocycles. The fourth-order valence-electron chi connectivity index (χ4n) is 2.14. The zero-order valence-corrected chi connectivity index (χ0v) is 14.2. The second-order valence-electron chi connectivity index (χ2n) is 5.59. The summed E-state index contributed by atoms with van der Waals surface area (Å²) in [6, 6.07) is 11.8. The van der Waals surface area contributed by atoms with Crippen molar-refractivity contribution in [3.05, 3.63) is 64.9 Å². The SMILES string of the molecule is CC(C)N(CC(=O)Nc1ccc(F)cc1)C(=O)c1ccc(Cl)cc1. The fourth-order valence-corrected chi connectivity index (χ4v) is 2.26. The van der Waals surface area contributed by atoms with E-state index in [2.05, 4.69) is 5.32 Å². The maximum absolute atomic E-state index is 12.9. The average molecular weight is 349 g/mol. The molecule has 1 N–H and O–H groups in total. The van der Waals surface area contributed by atoms with Gasteiger partial charge in [-0.1, -0.05) is 11.6 Å². The molecule has 0 aliphatic rings. The van der Waals surface area contributed by atoms with Crippen LogP contribution in [0.5, 0.6) is 0 Å². The van der Waals surface area contributed by atoms with Gasteiger partial charge in [0.25, 0.3) is 5.91 Å². The number of rotatable bonds is 5. The molecule has 0 aromatic heterocycles. The predicted molar refractivity (Wildman–Crippen MR) is 92.7 cm³/mol. The summed E-state index contributed by atoms with van der Waals surface area (Å²) in [5, 5.41) is 3.19. The molecule has 4 nitrogen and oxygen atoms in total. The van der Waals surface area contributed by atoms with Crippen LogP contribution in [0.25, 0.3) is 0 Å². The number of hydrogen-bond acceptors (Lipinski definition) is 2. The van der Waals surface area contributed by atoms with E-state index < -0.39 is 0 Å². The largest absolute Gasteiger partial charge is 0.327 e. The van der Waals surface area contributed by atoms with E-state index in [1.165, 1.54) is 29.2 Å². The van der Waals surface area contributed by atoms with E-state index in [4.69, 9.17) is 11.6 Å². The Bertz CT molecular complexity index is 715. The Kier molecular flexibility index (Phi) is 5.93. The molecule has 2 rings (SSSR count). The van der Waals surface area contributed by atoms with Crippen molar-refractivity contribution in [2.75, 3.05) is 11.9 Å². The van der Waals surface area contributed by atoms with Gasteiger partial charge in [0.15, 0.2) is 0 Å². The van der Waals surface area contributed by atoms with Gasteiger partial charge in [-0.25, -0.2) is 4.39 Å². The smallest absolute Gasteiger partial charge is 0.254 e. The van der Waals surface area contributed by atoms with Gasteiger partial charge in [-0.15, -0.1) is 0 Å². The first-order valence-corrected chi connectivity index (χ1v) is 7.86. The van der Waals surface area contributed by atoms with Crippen molar-refractivity contribution in [1.82, 2.24) is 4.90 Å². The third kappa shape index (κ3) is 4.80. The van der Waals surface area contributed by atoms with Gasteiger partial charge in [-0.3, -0.25) is 9.59 Å². The molecule has 0 heterocycles. The second kappa shape index (κ2) is 7.93. The lowest BCUT2D eigenvalue weighted by Gasteiger charge is -2.26. The van der Waals surface area contributed by atoms with Gasteiger partial charge >= 0.3 is 0 Å². The van der Waals surface area contributed by atoms with Crippen molar-refractivity contribution >= 4 is 29.1 Å². The zero-order chi connectivity index (χ0) is 17.7. The normalized spacial score (nSPS) is 10.5. The number of benzene rings is 2. The molecule has 126 valence electrons. The van der Waals surface area contributed by atoms with Crippen LogP contribution in [0.1, 0.15) is 24.2 Å². The van der Waals surface area contributed by atoms with Crippen molar-refractivity contribution in [2.24, 2.45) is 0 Å². The summed E-state index contributed by atoms with van der Waals surface area (Å²) in [6.45, 7) is 3.56. The minimum atomic E-state index is -0.380. The number of carbonyl (C=O) groups excluding carboxylic acids is 2. The van der Waals surface area contributed by atoms with Gasteiger partial charge in [-0.05, 0) is 62.4 Å². The maximum atomic E-state index is 12.9. The molecule has 6 heteroatoms. The number of nitrogens with one attached hydrogen (secondary N) is 1. The van der Waals surface area contributed by atoms with Crippen LogP contribution in [0, 0.1) is 5.82 Å². The van der Waals surface area contributed by atoms with E-state index in [9.17, 15) is 14.0 Å². The van der Waals surface area contributed by atoms with Crippen molar-refractivity contribution in [2.45, 2.75) is 19.9 Å². The highest BCUT2D eigenvalue weighted by atomic mass is 35.5. The zero-order valence-electron chi connectivity index (χ0n) is 13.4.